The summed E-state index contributed by atoms with van der Waals surface area (Å²) in [6, 6.07) is 1.54. The lowest BCUT2D eigenvalue weighted by molar-refractivity contribution is -0.147. The first-order valence-electron chi connectivity index (χ1n) is 5.24. The molecule has 5 nitrogen and oxygen atoms in total. The lowest BCUT2D eigenvalue weighted by Crippen LogP contribution is -2.50. The van der Waals surface area contributed by atoms with Gasteiger partial charge in [0.1, 0.15) is 11.8 Å². The monoisotopic (exact) mass is 301 g/mol. The van der Waals surface area contributed by atoms with Crippen molar-refractivity contribution in [1.82, 2.24) is 4.90 Å². The Balaban J connectivity index is 2.28. The topological polar surface area (TPSA) is 70.8 Å². The molecule has 17 heavy (non-hydrogen) atoms. The molecular formula is C11H12BrNO4. The van der Waals surface area contributed by atoms with E-state index in [0.29, 0.717) is 29.6 Å². The number of carboxylic acids is 1. The van der Waals surface area contributed by atoms with Gasteiger partial charge < -0.3 is 14.4 Å². The highest BCUT2D eigenvalue weighted by Crippen LogP contribution is 2.31. The summed E-state index contributed by atoms with van der Waals surface area (Å²) in [6.45, 7) is 2.04. The number of halogens is 1. The van der Waals surface area contributed by atoms with Crippen molar-refractivity contribution in [2.24, 2.45) is 0 Å². The zero-order valence-corrected chi connectivity index (χ0v) is 10.9. The highest BCUT2D eigenvalue weighted by Gasteiger charge is 2.46. The Hall–Kier alpha value is -1.30. The third kappa shape index (κ3) is 1.97. The first-order chi connectivity index (χ1) is 7.95. The van der Waals surface area contributed by atoms with Gasteiger partial charge in [0, 0.05) is 12.6 Å². The van der Waals surface area contributed by atoms with Crippen molar-refractivity contribution in [2.75, 3.05) is 6.54 Å². The van der Waals surface area contributed by atoms with E-state index in [9.17, 15) is 14.7 Å². The Bertz CT molecular complexity index is 470. The van der Waals surface area contributed by atoms with E-state index in [0.717, 1.165) is 0 Å². The van der Waals surface area contributed by atoms with Crippen molar-refractivity contribution in [3.63, 3.8) is 0 Å². The Labute approximate surface area is 107 Å². The molecule has 6 heteroatoms. The summed E-state index contributed by atoms with van der Waals surface area (Å²) in [5.41, 5.74) is -0.743. The molecule has 1 aliphatic heterocycles. The lowest BCUT2D eigenvalue weighted by atomic mass is 9.99. The van der Waals surface area contributed by atoms with E-state index in [-0.39, 0.29) is 5.91 Å². The minimum Gasteiger partial charge on any atom is -0.480 e. The van der Waals surface area contributed by atoms with Crippen LogP contribution in [0.25, 0.3) is 0 Å². The van der Waals surface area contributed by atoms with Gasteiger partial charge in [-0.05, 0) is 35.7 Å². The average molecular weight is 302 g/mol. The van der Waals surface area contributed by atoms with Gasteiger partial charge in [-0.1, -0.05) is 0 Å². The zero-order chi connectivity index (χ0) is 12.6. The number of carboxylic acid groups (broad SMARTS) is 1. The number of hydrogen-bond acceptors (Lipinski definition) is 3. The minimum absolute atomic E-state index is 0.304. The number of rotatable bonds is 2. The molecule has 2 rings (SSSR count). The molecule has 1 aliphatic rings. The molecular weight excluding hydrogens is 290 g/mol. The SMILES string of the molecule is CC1(C(=O)O)CCCN1C(=O)c1coc(Br)c1. The zero-order valence-electron chi connectivity index (χ0n) is 9.27. The van der Waals surface area contributed by atoms with Crippen LogP contribution < -0.4 is 0 Å². The number of carbonyl (C=O) groups excluding carboxylic acids is 1. The van der Waals surface area contributed by atoms with Gasteiger partial charge in [0.05, 0.1) is 5.56 Å². The fraction of sp³-hybridized carbons (Fsp3) is 0.455. The van der Waals surface area contributed by atoms with Crippen LogP contribution in [-0.4, -0.2) is 34.0 Å². The second-order valence-corrected chi connectivity index (χ2v) is 5.06. The van der Waals surface area contributed by atoms with E-state index < -0.39 is 11.5 Å². The second-order valence-electron chi connectivity index (χ2n) is 4.28. The molecule has 0 aliphatic carbocycles. The van der Waals surface area contributed by atoms with E-state index in [1.54, 1.807) is 13.0 Å². The molecule has 1 aromatic heterocycles. The number of amides is 1. The normalized spacial score (nSPS) is 24.0. The number of likely N-dealkylation sites (tertiary alicyclic amines) is 1. The molecule has 0 spiro atoms. The lowest BCUT2D eigenvalue weighted by Gasteiger charge is -2.30. The second kappa shape index (κ2) is 4.18. The van der Waals surface area contributed by atoms with Gasteiger partial charge in [-0.3, -0.25) is 4.79 Å². The molecule has 1 amide bonds. The van der Waals surface area contributed by atoms with Gasteiger partial charge in [-0.25, -0.2) is 4.79 Å². The van der Waals surface area contributed by atoms with Gasteiger partial charge in [0.25, 0.3) is 5.91 Å². The Morgan fingerprint density at radius 2 is 2.29 bits per heavy atom. The third-order valence-electron chi connectivity index (χ3n) is 3.16. The highest BCUT2D eigenvalue weighted by molar-refractivity contribution is 9.10. The number of aliphatic carboxylic acids is 1. The standard InChI is InChI=1S/C11H12BrNO4/c1-11(10(15)16)3-2-4-13(11)9(14)7-5-8(12)17-6-7/h5-6H,2-4H2,1H3,(H,15,16). The summed E-state index contributed by atoms with van der Waals surface area (Å²) in [5, 5.41) is 9.22. The predicted molar refractivity (Wildman–Crippen MR) is 62.7 cm³/mol. The van der Waals surface area contributed by atoms with Crippen LogP contribution in [0, 0.1) is 0 Å². The van der Waals surface area contributed by atoms with Crippen LogP contribution in [0.1, 0.15) is 30.1 Å². The van der Waals surface area contributed by atoms with Crippen LogP contribution in [0.2, 0.25) is 0 Å². The first kappa shape index (κ1) is 12.2. The van der Waals surface area contributed by atoms with E-state index in [1.165, 1.54) is 11.2 Å². The summed E-state index contributed by atoms with van der Waals surface area (Å²) in [6.07, 6.45) is 2.51. The predicted octanol–water partition coefficient (Wildman–Crippen LogP) is 2.12. The molecule has 1 saturated heterocycles. The average Bonchev–Trinajstić information content (AvgIpc) is 2.85. The number of nitrogens with zero attached hydrogens (tertiary/aromatic N) is 1. The molecule has 0 bridgehead atoms. The molecule has 1 N–H and O–H groups in total. The summed E-state index contributed by atoms with van der Waals surface area (Å²) in [4.78, 5) is 24.8. The van der Waals surface area contributed by atoms with Crippen molar-refractivity contribution in [1.29, 1.82) is 0 Å². The molecule has 2 heterocycles. The molecule has 0 aromatic carbocycles. The largest absolute Gasteiger partial charge is 0.480 e. The van der Waals surface area contributed by atoms with Crippen LogP contribution in [0.3, 0.4) is 0 Å². The third-order valence-corrected chi connectivity index (χ3v) is 3.58. The van der Waals surface area contributed by atoms with Gasteiger partial charge in [0.2, 0.25) is 0 Å². The van der Waals surface area contributed by atoms with Crippen LogP contribution in [-0.2, 0) is 4.79 Å². The minimum atomic E-state index is -1.11. The summed E-state index contributed by atoms with van der Waals surface area (Å²) in [7, 11) is 0. The smallest absolute Gasteiger partial charge is 0.329 e. The maximum atomic E-state index is 12.2. The van der Waals surface area contributed by atoms with Crippen LogP contribution >= 0.6 is 15.9 Å². The van der Waals surface area contributed by atoms with Gasteiger partial charge in [-0.15, -0.1) is 0 Å². The maximum Gasteiger partial charge on any atom is 0.329 e. The maximum absolute atomic E-state index is 12.2. The molecule has 1 unspecified atom stereocenters. The van der Waals surface area contributed by atoms with Crippen LogP contribution in [0.4, 0.5) is 0 Å². The van der Waals surface area contributed by atoms with E-state index in [1.807, 2.05) is 0 Å². The molecule has 0 saturated carbocycles. The highest BCUT2D eigenvalue weighted by atomic mass is 79.9. The van der Waals surface area contributed by atoms with Crippen LogP contribution in [0.5, 0.6) is 0 Å². The van der Waals surface area contributed by atoms with Crippen molar-refractivity contribution < 1.29 is 19.1 Å². The van der Waals surface area contributed by atoms with Gasteiger partial charge in [-0.2, -0.15) is 0 Å². The van der Waals surface area contributed by atoms with Crippen molar-refractivity contribution in [3.05, 3.63) is 22.6 Å². The Morgan fingerprint density at radius 1 is 1.59 bits per heavy atom. The van der Waals surface area contributed by atoms with Crippen LogP contribution in [0.15, 0.2) is 21.4 Å². The number of furan rings is 1. The fourth-order valence-electron chi connectivity index (χ4n) is 2.09. The quantitative estimate of drug-likeness (QED) is 0.908. The Morgan fingerprint density at radius 3 is 2.82 bits per heavy atom. The molecule has 0 radical (unpaired) electrons. The molecule has 1 aromatic rings. The van der Waals surface area contributed by atoms with Gasteiger partial charge >= 0.3 is 5.97 Å². The summed E-state index contributed by atoms with van der Waals surface area (Å²) in [5.74, 6) is -1.27. The Kier molecular flexibility index (Phi) is 2.99. The summed E-state index contributed by atoms with van der Waals surface area (Å²) < 4.78 is 5.45. The van der Waals surface area contributed by atoms with Crippen molar-refractivity contribution in [3.8, 4) is 0 Å². The number of carbonyl (C=O) groups is 2. The van der Waals surface area contributed by atoms with Crippen molar-refractivity contribution >= 4 is 27.8 Å². The van der Waals surface area contributed by atoms with Crippen molar-refractivity contribution in [2.45, 2.75) is 25.3 Å². The van der Waals surface area contributed by atoms with E-state index in [4.69, 9.17) is 4.42 Å². The number of hydrogen-bond donors (Lipinski definition) is 1. The first-order valence-corrected chi connectivity index (χ1v) is 6.04. The van der Waals surface area contributed by atoms with E-state index in [2.05, 4.69) is 15.9 Å². The molecule has 1 atom stereocenters. The summed E-state index contributed by atoms with van der Waals surface area (Å²) >= 11 is 3.11. The van der Waals surface area contributed by atoms with Gasteiger partial charge in [0.15, 0.2) is 4.67 Å². The molecule has 1 fully saturated rings. The molecule has 92 valence electrons. The fourth-order valence-corrected chi connectivity index (χ4v) is 2.43. The van der Waals surface area contributed by atoms with E-state index >= 15 is 0 Å².